The van der Waals surface area contributed by atoms with Crippen LogP contribution in [0.3, 0.4) is 0 Å². The first-order chi connectivity index (χ1) is 12.7. The van der Waals surface area contributed by atoms with E-state index in [4.69, 9.17) is 11.6 Å². The molecule has 0 aromatic heterocycles. The second kappa shape index (κ2) is 7.35. The molecule has 0 radical (unpaired) electrons. The minimum atomic E-state index is -0.294. The predicted molar refractivity (Wildman–Crippen MR) is 110 cm³/mol. The molecule has 0 aliphatic heterocycles. The Bertz CT molecular complexity index is 869. The summed E-state index contributed by atoms with van der Waals surface area (Å²) in [5.74, 6) is -0.825. The van der Waals surface area contributed by atoms with Crippen LogP contribution in [-0.2, 0) is 15.0 Å². The maximum absolute atomic E-state index is 12.4. The largest absolute Gasteiger partial charge is 0.326 e. The van der Waals surface area contributed by atoms with Crippen LogP contribution in [0.1, 0.15) is 38.3 Å². The molecule has 2 aromatic rings. The van der Waals surface area contributed by atoms with Crippen molar-refractivity contribution in [3.63, 3.8) is 0 Å². The van der Waals surface area contributed by atoms with Crippen molar-refractivity contribution in [3.8, 4) is 0 Å². The number of amides is 2. The molecular formula is C22H25ClN2O2. The SMILES string of the molecule is Cc1c(Cl)cccc1NC(=O)C1CC1C(=O)Nc1ccc(C(C)(C)C)cc1. The van der Waals surface area contributed by atoms with Gasteiger partial charge in [-0.3, -0.25) is 9.59 Å². The van der Waals surface area contributed by atoms with Crippen LogP contribution in [0.5, 0.6) is 0 Å². The van der Waals surface area contributed by atoms with Crippen LogP contribution < -0.4 is 10.6 Å². The molecule has 1 fully saturated rings. The number of carbonyl (C=O) groups excluding carboxylic acids is 2. The second-order valence-corrected chi connectivity index (χ2v) is 8.57. The van der Waals surface area contributed by atoms with E-state index in [-0.39, 0.29) is 29.1 Å². The van der Waals surface area contributed by atoms with Gasteiger partial charge in [0.15, 0.2) is 0 Å². The van der Waals surface area contributed by atoms with Crippen molar-refractivity contribution in [2.75, 3.05) is 10.6 Å². The first-order valence-corrected chi connectivity index (χ1v) is 9.52. The normalized spacial score (nSPS) is 18.7. The Labute approximate surface area is 165 Å². The molecule has 2 atom stereocenters. The van der Waals surface area contributed by atoms with Crippen molar-refractivity contribution in [3.05, 3.63) is 58.6 Å². The summed E-state index contributed by atoms with van der Waals surface area (Å²) in [4.78, 5) is 24.9. The van der Waals surface area contributed by atoms with Crippen LogP contribution in [0.15, 0.2) is 42.5 Å². The van der Waals surface area contributed by atoms with Crippen molar-refractivity contribution >= 4 is 34.8 Å². The van der Waals surface area contributed by atoms with E-state index >= 15 is 0 Å². The lowest BCUT2D eigenvalue weighted by Gasteiger charge is -2.19. The number of anilines is 2. The fourth-order valence-corrected chi connectivity index (χ4v) is 3.21. The van der Waals surface area contributed by atoms with E-state index in [1.165, 1.54) is 5.56 Å². The highest BCUT2D eigenvalue weighted by Gasteiger charge is 2.48. The first kappa shape index (κ1) is 19.4. The Morgan fingerprint density at radius 3 is 2.15 bits per heavy atom. The molecule has 0 bridgehead atoms. The van der Waals surface area contributed by atoms with E-state index in [0.29, 0.717) is 17.1 Å². The van der Waals surface area contributed by atoms with E-state index < -0.39 is 0 Å². The van der Waals surface area contributed by atoms with Crippen molar-refractivity contribution in [2.24, 2.45) is 11.8 Å². The minimum Gasteiger partial charge on any atom is -0.326 e. The molecule has 4 nitrogen and oxygen atoms in total. The van der Waals surface area contributed by atoms with Gasteiger partial charge in [-0.1, -0.05) is 50.6 Å². The fraction of sp³-hybridized carbons (Fsp3) is 0.364. The molecule has 2 unspecified atom stereocenters. The van der Waals surface area contributed by atoms with E-state index in [2.05, 4.69) is 31.4 Å². The Morgan fingerprint density at radius 1 is 0.963 bits per heavy atom. The second-order valence-electron chi connectivity index (χ2n) is 8.17. The molecule has 0 saturated heterocycles. The van der Waals surface area contributed by atoms with E-state index in [9.17, 15) is 9.59 Å². The molecule has 2 N–H and O–H groups in total. The van der Waals surface area contributed by atoms with E-state index in [1.807, 2.05) is 37.3 Å². The lowest BCUT2D eigenvalue weighted by Crippen LogP contribution is -2.21. The molecular weight excluding hydrogens is 360 g/mol. The van der Waals surface area contributed by atoms with Gasteiger partial charge in [0.1, 0.15) is 0 Å². The third-order valence-corrected chi connectivity index (χ3v) is 5.42. The van der Waals surface area contributed by atoms with Crippen molar-refractivity contribution in [2.45, 2.75) is 39.5 Å². The fourth-order valence-electron chi connectivity index (χ4n) is 3.03. The van der Waals surface area contributed by atoms with Crippen molar-refractivity contribution < 1.29 is 9.59 Å². The average Bonchev–Trinajstić information content (AvgIpc) is 3.39. The first-order valence-electron chi connectivity index (χ1n) is 9.14. The van der Waals surface area contributed by atoms with Gasteiger partial charge in [-0.25, -0.2) is 0 Å². The third-order valence-electron chi connectivity index (χ3n) is 5.01. The minimum absolute atomic E-state index is 0.0701. The number of benzene rings is 2. The third kappa shape index (κ3) is 4.51. The van der Waals surface area contributed by atoms with Gasteiger partial charge in [-0.05, 0) is 54.2 Å². The number of rotatable bonds is 4. The number of hydrogen-bond donors (Lipinski definition) is 2. The van der Waals surface area contributed by atoms with Crippen LogP contribution in [0.4, 0.5) is 11.4 Å². The van der Waals surface area contributed by atoms with Crippen LogP contribution in [0.25, 0.3) is 0 Å². The number of hydrogen-bond acceptors (Lipinski definition) is 2. The molecule has 27 heavy (non-hydrogen) atoms. The molecule has 2 amide bonds. The van der Waals surface area contributed by atoms with Gasteiger partial charge in [0.05, 0.1) is 11.8 Å². The quantitative estimate of drug-likeness (QED) is 0.764. The smallest absolute Gasteiger partial charge is 0.228 e. The molecule has 2 aromatic carbocycles. The zero-order chi connectivity index (χ0) is 19.8. The summed E-state index contributed by atoms with van der Waals surface area (Å²) in [6.45, 7) is 8.30. The van der Waals surface area contributed by atoms with Crippen LogP contribution in [0, 0.1) is 18.8 Å². The van der Waals surface area contributed by atoms with Gasteiger partial charge in [0, 0.05) is 16.4 Å². The van der Waals surface area contributed by atoms with E-state index in [0.717, 1.165) is 11.3 Å². The Hall–Kier alpha value is -2.33. The highest BCUT2D eigenvalue weighted by atomic mass is 35.5. The molecule has 0 spiro atoms. The number of halogens is 1. The summed E-state index contributed by atoms with van der Waals surface area (Å²) in [6.07, 6.45) is 0.567. The van der Waals surface area contributed by atoms with Crippen LogP contribution in [-0.4, -0.2) is 11.8 Å². The van der Waals surface area contributed by atoms with Gasteiger partial charge in [0.25, 0.3) is 0 Å². The lowest BCUT2D eigenvalue weighted by molar-refractivity contribution is -0.122. The lowest BCUT2D eigenvalue weighted by atomic mass is 9.87. The molecule has 1 aliphatic carbocycles. The molecule has 1 aliphatic rings. The monoisotopic (exact) mass is 384 g/mol. The number of nitrogens with one attached hydrogen (secondary N) is 2. The highest BCUT2D eigenvalue weighted by Crippen LogP contribution is 2.40. The van der Waals surface area contributed by atoms with Crippen molar-refractivity contribution in [1.82, 2.24) is 0 Å². The van der Waals surface area contributed by atoms with Crippen LogP contribution >= 0.6 is 11.6 Å². The summed E-state index contributed by atoms with van der Waals surface area (Å²) < 4.78 is 0. The molecule has 0 heterocycles. The summed E-state index contributed by atoms with van der Waals surface area (Å²) in [6, 6.07) is 13.3. The zero-order valence-electron chi connectivity index (χ0n) is 16.1. The van der Waals surface area contributed by atoms with Crippen molar-refractivity contribution in [1.29, 1.82) is 0 Å². The predicted octanol–water partition coefficient (Wildman–Crippen LogP) is 5.16. The maximum Gasteiger partial charge on any atom is 0.228 e. The molecule has 1 saturated carbocycles. The van der Waals surface area contributed by atoms with Gasteiger partial charge >= 0.3 is 0 Å². The maximum atomic E-state index is 12.4. The van der Waals surface area contributed by atoms with Gasteiger partial charge in [-0.15, -0.1) is 0 Å². The van der Waals surface area contributed by atoms with Gasteiger partial charge < -0.3 is 10.6 Å². The summed E-state index contributed by atoms with van der Waals surface area (Å²) in [5, 5.41) is 6.40. The zero-order valence-corrected chi connectivity index (χ0v) is 16.9. The topological polar surface area (TPSA) is 58.2 Å². The summed E-state index contributed by atoms with van der Waals surface area (Å²) in [7, 11) is 0. The molecule has 3 rings (SSSR count). The Morgan fingerprint density at radius 2 is 1.56 bits per heavy atom. The summed E-state index contributed by atoms with van der Waals surface area (Å²) in [5.41, 5.74) is 3.55. The average molecular weight is 385 g/mol. The highest BCUT2D eigenvalue weighted by molar-refractivity contribution is 6.31. The number of carbonyl (C=O) groups is 2. The van der Waals surface area contributed by atoms with Gasteiger partial charge in [-0.2, -0.15) is 0 Å². The standard InChI is InChI=1S/C22H25ClN2O2/c1-13-18(23)6-5-7-19(13)25-21(27)17-12-16(17)20(26)24-15-10-8-14(9-11-15)22(2,3)4/h5-11,16-17H,12H2,1-4H3,(H,24,26)(H,25,27). The van der Waals surface area contributed by atoms with Crippen LogP contribution in [0.2, 0.25) is 5.02 Å². The molecule has 142 valence electrons. The molecule has 5 heteroatoms. The van der Waals surface area contributed by atoms with Gasteiger partial charge in [0.2, 0.25) is 11.8 Å². The summed E-state index contributed by atoms with van der Waals surface area (Å²) >= 11 is 6.09. The van der Waals surface area contributed by atoms with E-state index in [1.54, 1.807) is 12.1 Å². The Balaban J connectivity index is 1.57. The Kier molecular flexibility index (Phi) is 5.29.